The van der Waals surface area contributed by atoms with E-state index in [0.717, 1.165) is 43.0 Å². The first-order valence-electron chi connectivity index (χ1n) is 9.49. The molecule has 2 aromatic carbocycles. The molecule has 29 heavy (non-hydrogen) atoms. The number of amides is 1. The normalized spacial score (nSPS) is 13.6. The Balaban J connectivity index is 1.48. The summed E-state index contributed by atoms with van der Waals surface area (Å²) in [6.07, 6.45) is 4.37. The molecule has 1 amide bonds. The maximum absolute atomic E-state index is 12.4. The highest BCUT2D eigenvalue weighted by molar-refractivity contribution is 6.04. The minimum atomic E-state index is -2.94. The van der Waals surface area contributed by atoms with Gasteiger partial charge in [0, 0.05) is 29.8 Å². The molecule has 0 fully saturated rings. The molecule has 0 saturated carbocycles. The van der Waals surface area contributed by atoms with Crippen molar-refractivity contribution in [3.8, 4) is 17.1 Å². The number of hydrogen-bond donors (Lipinski definition) is 1. The highest BCUT2D eigenvalue weighted by Gasteiger charge is 2.16. The summed E-state index contributed by atoms with van der Waals surface area (Å²) in [5.41, 5.74) is 1.75. The fourth-order valence-electron chi connectivity index (χ4n) is 3.42. The molecule has 150 valence electrons. The third kappa shape index (κ3) is 4.42. The number of carbonyl (C=O) groups excluding carboxylic acids is 1. The second kappa shape index (κ2) is 8.38. The van der Waals surface area contributed by atoms with Crippen molar-refractivity contribution >= 4 is 11.6 Å². The van der Waals surface area contributed by atoms with E-state index in [9.17, 15) is 13.6 Å². The summed E-state index contributed by atoms with van der Waals surface area (Å²) < 4.78 is 31.2. The molecule has 0 spiro atoms. The molecule has 3 aromatic rings. The number of nitrogens with one attached hydrogen (secondary N) is 1. The fraction of sp³-hybridized carbons (Fsp3) is 0.286. The quantitative estimate of drug-likeness (QED) is 0.686. The van der Waals surface area contributed by atoms with Gasteiger partial charge in [-0.3, -0.25) is 4.79 Å². The Bertz CT molecular complexity index is 1000. The second-order valence-corrected chi connectivity index (χ2v) is 6.84. The molecule has 2 heterocycles. The molecular weight excluding hydrogens is 378 g/mol. The van der Waals surface area contributed by atoms with Gasteiger partial charge in [-0.25, -0.2) is 0 Å². The Morgan fingerprint density at radius 3 is 2.69 bits per heavy atom. The van der Waals surface area contributed by atoms with Crippen molar-refractivity contribution in [1.29, 1.82) is 0 Å². The maximum atomic E-state index is 12.4. The lowest BCUT2D eigenvalue weighted by Crippen LogP contribution is -2.12. The largest absolute Gasteiger partial charge is 0.435 e. The predicted octanol–water partition coefficient (Wildman–Crippen LogP) is 4.53. The van der Waals surface area contributed by atoms with Gasteiger partial charge < -0.3 is 14.6 Å². The third-order valence-corrected chi connectivity index (χ3v) is 4.83. The number of aryl methyl sites for hydroxylation is 1. The summed E-state index contributed by atoms with van der Waals surface area (Å²) in [4.78, 5) is 12.4. The Kier molecular flexibility index (Phi) is 5.50. The standard InChI is InChI=1S/C21H20F2N4O2/c22-21(23)29-17-6-4-5-15(13-17)20(28)24-16-10-8-14(9-11-16)19-26-25-18-7-2-1-3-12-27(18)19/h4-6,8-11,13,21H,1-3,7,12H2,(H,24,28). The summed E-state index contributed by atoms with van der Waals surface area (Å²) in [5, 5.41) is 11.4. The number of aromatic nitrogens is 3. The first-order chi connectivity index (χ1) is 14.1. The van der Waals surface area contributed by atoms with Crippen molar-refractivity contribution in [2.75, 3.05) is 5.32 Å². The average Bonchev–Trinajstić information content (AvgIpc) is 2.96. The molecule has 6 nitrogen and oxygen atoms in total. The van der Waals surface area contributed by atoms with Crippen molar-refractivity contribution in [3.63, 3.8) is 0 Å². The van der Waals surface area contributed by atoms with E-state index in [1.165, 1.54) is 30.7 Å². The summed E-state index contributed by atoms with van der Waals surface area (Å²) in [6.45, 7) is -2.03. The fourth-order valence-corrected chi connectivity index (χ4v) is 3.42. The lowest BCUT2D eigenvalue weighted by molar-refractivity contribution is -0.0498. The molecular formula is C21H20F2N4O2. The monoisotopic (exact) mass is 398 g/mol. The van der Waals surface area contributed by atoms with Crippen molar-refractivity contribution in [1.82, 2.24) is 14.8 Å². The van der Waals surface area contributed by atoms with Crippen LogP contribution >= 0.6 is 0 Å². The molecule has 0 bridgehead atoms. The number of alkyl halides is 2. The van der Waals surface area contributed by atoms with Crippen LogP contribution < -0.4 is 10.1 Å². The first kappa shape index (κ1) is 19.0. The summed E-state index contributed by atoms with van der Waals surface area (Å²) >= 11 is 0. The lowest BCUT2D eigenvalue weighted by Gasteiger charge is -2.09. The predicted molar refractivity (Wildman–Crippen MR) is 104 cm³/mol. The van der Waals surface area contributed by atoms with Crippen molar-refractivity contribution < 1.29 is 18.3 Å². The van der Waals surface area contributed by atoms with Gasteiger partial charge in [0.05, 0.1) is 0 Å². The van der Waals surface area contributed by atoms with Gasteiger partial charge >= 0.3 is 6.61 Å². The first-order valence-corrected chi connectivity index (χ1v) is 9.49. The summed E-state index contributed by atoms with van der Waals surface area (Å²) in [6, 6.07) is 13.0. The van der Waals surface area contributed by atoms with Gasteiger partial charge in [-0.05, 0) is 55.3 Å². The van der Waals surface area contributed by atoms with Gasteiger partial charge in [0.25, 0.3) is 5.91 Å². The number of nitrogens with zero attached hydrogens (tertiary/aromatic N) is 3. The molecule has 0 atom stereocenters. The van der Waals surface area contributed by atoms with Crippen LogP contribution in [0.4, 0.5) is 14.5 Å². The maximum Gasteiger partial charge on any atom is 0.387 e. The second-order valence-electron chi connectivity index (χ2n) is 6.84. The Labute approximate surface area is 166 Å². The Morgan fingerprint density at radius 2 is 1.90 bits per heavy atom. The van der Waals surface area contributed by atoms with Crippen LogP contribution in [0.1, 0.15) is 35.4 Å². The van der Waals surface area contributed by atoms with Gasteiger partial charge in [0.1, 0.15) is 11.6 Å². The van der Waals surface area contributed by atoms with E-state index in [1.54, 1.807) is 12.1 Å². The SMILES string of the molecule is O=C(Nc1ccc(-c2nnc3n2CCCCC3)cc1)c1cccc(OC(F)F)c1. The zero-order chi connectivity index (χ0) is 20.2. The summed E-state index contributed by atoms with van der Waals surface area (Å²) in [7, 11) is 0. The molecule has 1 aliphatic rings. The van der Waals surface area contributed by atoms with Crippen molar-refractivity contribution in [2.24, 2.45) is 0 Å². The van der Waals surface area contributed by atoms with Crippen LogP contribution in [0.3, 0.4) is 0 Å². The number of halogens is 2. The van der Waals surface area contributed by atoms with E-state index in [0.29, 0.717) is 5.69 Å². The molecule has 0 saturated heterocycles. The van der Waals surface area contributed by atoms with E-state index in [4.69, 9.17) is 0 Å². The van der Waals surface area contributed by atoms with Gasteiger partial charge in [0.15, 0.2) is 5.82 Å². The average molecular weight is 398 g/mol. The van der Waals surface area contributed by atoms with E-state index < -0.39 is 12.5 Å². The lowest BCUT2D eigenvalue weighted by atomic mass is 10.1. The summed E-state index contributed by atoms with van der Waals surface area (Å²) in [5.74, 6) is 1.38. The van der Waals surface area contributed by atoms with Crippen LogP contribution in [0.15, 0.2) is 48.5 Å². The third-order valence-electron chi connectivity index (χ3n) is 4.83. The van der Waals surface area contributed by atoms with Crippen LogP contribution in [0.5, 0.6) is 5.75 Å². The van der Waals surface area contributed by atoms with Gasteiger partial charge in [0.2, 0.25) is 0 Å². The van der Waals surface area contributed by atoms with E-state index in [-0.39, 0.29) is 11.3 Å². The van der Waals surface area contributed by atoms with Crippen LogP contribution in [-0.2, 0) is 13.0 Å². The van der Waals surface area contributed by atoms with Gasteiger partial charge in [-0.15, -0.1) is 10.2 Å². The van der Waals surface area contributed by atoms with Crippen molar-refractivity contribution in [2.45, 2.75) is 38.8 Å². The topological polar surface area (TPSA) is 69.0 Å². The molecule has 0 radical (unpaired) electrons. The number of anilines is 1. The van der Waals surface area contributed by atoms with Crippen LogP contribution in [0.25, 0.3) is 11.4 Å². The molecule has 0 aliphatic carbocycles. The number of rotatable bonds is 5. The Morgan fingerprint density at radius 1 is 1.07 bits per heavy atom. The van der Waals surface area contributed by atoms with Gasteiger partial charge in [-0.2, -0.15) is 8.78 Å². The smallest absolute Gasteiger partial charge is 0.387 e. The number of hydrogen-bond acceptors (Lipinski definition) is 4. The van der Waals surface area contributed by atoms with Crippen LogP contribution in [-0.4, -0.2) is 27.3 Å². The number of benzene rings is 2. The number of fused-ring (bicyclic) bond motifs is 1. The number of carbonyl (C=O) groups is 1. The van der Waals surface area contributed by atoms with Crippen LogP contribution in [0, 0.1) is 0 Å². The van der Waals surface area contributed by atoms with Crippen molar-refractivity contribution in [3.05, 3.63) is 59.9 Å². The van der Waals surface area contributed by atoms with Gasteiger partial charge in [-0.1, -0.05) is 12.5 Å². The van der Waals surface area contributed by atoms with E-state index >= 15 is 0 Å². The zero-order valence-electron chi connectivity index (χ0n) is 15.6. The minimum Gasteiger partial charge on any atom is -0.435 e. The molecule has 1 aliphatic heterocycles. The van der Waals surface area contributed by atoms with Crippen LogP contribution in [0.2, 0.25) is 0 Å². The molecule has 4 rings (SSSR count). The molecule has 8 heteroatoms. The molecule has 1 N–H and O–H groups in total. The zero-order valence-corrected chi connectivity index (χ0v) is 15.6. The highest BCUT2D eigenvalue weighted by atomic mass is 19.3. The molecule has 0 unspecified atom stereocenters. The molecule has 1 aromatic heterocycles. The highest BCUT2D eigenvalue weighted by Crippen LogP contribution is 2.24. The van der Waals surface area contributed by atoms with E-state index in [1.807, 2.05) is 12.1 Å². The number of ether oxygens (including phenoxy) is 1. The Hall–Kier alpha value is -3.29. The minimum absolute atomic E-state index is 0.0597. The van der Waals surface area contributed by atoms with E-state index in [2.05, 4.69) is 24.8 Å².